The molecule has 0 heterocycles. The quantitative estimate of drug-likeness (QED) is 0.768. The maximum Gasteiger partial charge on any atom is 0.223 e. The molecule has 0 aliphatic heterocycles. The van der Waals surface area contributed by atoms with Crippen LogP contribution < -0.4 is 11.1 Å². The predicted molar refractivity (Wildman–Crippen MR) is 67.3 cm³/mol. The number of carbonyl (C=O) groups is 1. The summed E-state index contributed by atoms with van der Waals surface area (Å²) in [5.74, 6) is 2.07. The van der Waals surface area contributed by atoms with Crippen LogP contribution in [0.5, 0.6) is 0 Å². The second-order valence-corrected chi connectivity index (χ2v) is 6.20. The van der Waals surface area contributed by atoms with Crippen molar-refractivity contribution in [1.29, 1.82) is 0 Å². The Hall–Kier alpha value is -0.570. The summed E-state index contributed by atoms with van der Waals surface area (Å²) in [7, 11) is 0. The number of carbonyl (C=O) groups excluding carboxylic acids is 1. The summed E-state index contributed by atoms with van der Waals surface area (Å²) in [6.45, 7) is 0. The summed E-state index contributed by atoms with van der Waals surface area (Å²) >= 11 is 0. The van der Waals surface area contributed by atoms with Crippen molar-refractivity contribution in [3.05, 3.63) is 0 Å². The van der Waals surface area contributed by atoms with Gasteiger partial charge in [0.2, 0.25) is 5.91 Å². The Morgan fingerprint density at radius 2 is 1.53 bits per heavy atom. The van der Waals surface area contributed by atoms with E-state index in [0.717, 1.165) is 12.8 Å². The third-order valence-electron chi connectivity index (χ3n) is 5.11. The molecular formula is C14H24N2O. The normalized spacial score (nSPS) is 44.9. The number of amides is 1. The summed E-state index contributed by atoms with van der Waals surface area (Å²) in [6.07, 6.45) is 9.80. The zero-order valence-corrected chi connectivity index (χ0v) is 10.5. The van der Waals surface area contributed by atoms with Gasteiger partial charge in [0.1, 0.15) is 0 Å². The van der Waals surface area contributed by atoms with E-state index in [1.165, 1.54) is 38.5 Å². The first-order chi connectivity index (χ1) is 8.27. The molecule has 1 amide bonds. The number of nitrogens with one attached hydrogen (secondary N) is 1. The molecule has 0 aromatic heterocycles. The molecule has 3 aliphatic carbocycles. The first-order valence-corrected chi connectivity index (χ1v) is 7.33. The maximum absolute atomic E-state index is 12.2. The van der Waals surface area contributed by atoms with Crippen LogP contribution in [0.25, 0.3) is 0 Å². The highest BCUT2D eigenvalue weighted by molar-refractivity contribution is 5.82. The van der Waals surface area contributed by atoms with Crippen molar-refractivity contribution >= 4 is 5.91 Å². The van der Waals surface area contributed by atoms with Crippen molar-refractivity contribution in [2.24, 2.45) is 23.5 Å². The standard InChI is InChI=1S/C14H24N2O/c15-11-7-3-4-8-12(11)16-14(17)13-9-5-1-2-6-10(9)13/h9-13H,1-8,15H2,(H,16,17)/t9?,10?,11-,12-,13?/m1/s1. The molecule has 4 atom stereocenters. The van der Waals surface area contributed by atoms with Crippen molar-refractivity contribution in [2.75, 3.05) is 0 Å². The molecule has 3 nitrogen and oxygen atoms in total. The van der Waals surface area contributed by atoms with Crippen molar-refractivity contribution < 1.29 is 4.79 Å². The topological polar surface area (TPSA) is 55.1 Å². The molecule has 0 bridgehead atoms. The highest BCUT2D eigenvalue weighted by Crippen LogP contribution is 2.55. The minimum Gasteiger partial charge on any atom is -0.352 e. The van der Waals surface area contributed by atoms with Crippen molar-refractivity contribution in [2.45, 2.75) is 63.5 Å². The van der Waals surface area contributed by atoms with Crippen LogP contribution in [-0.4, -0.2) is 18.0 Å². The maximum atomic E-state index is 12.2. The van der Waals surface area contributed by atoms with E-state index in [1.54, 1.807) is 0 Å². The zero-order valence-electron chi connectivity index (χ0n) is 10.5. The number of hydrogen-bond acceptors (Lipinski definition) is 2. The Morgan fingerprint density at radius 3 is 2.18 bits per heavy atom. The fourth-order valence-corrected chi connectivity index (χ4v) is 4.00. The monoisotopic (exact) mass is 236 g/mol. The van der Waals surface area contributed by atoms with Gasteiger partial charge >= 0.3 is 0 Å². The average molecular weight is 236 g/mol. The molecule has 3 heteroatoms. The van der Waals surface area contributed by atoms with Crippen LogP contribution in [0.3, 0.4) is 0 Å². The predicted octanol–water partition coefficient (Wildman–Crippen LogP) is 1.81. The van der Waals surface area contributed by atoms with E-state index in [2.05, 4.69) is 5.32 Å². The molecule has 0 saturated heterocycles. The summed E-state index contributed by atoms with van der Waals surface area (Å²) in [5.41, 5.74) is 6.08. The lowest BCUT2D eigenvalue weighted by Gasteiger charge is -2.29. The van der Waals surface area contributed by atoms with Gasteiger partial charge in [0.15, 0.2) is 0 Å². The van der Waals surface area contributed by atoms with E-state index in [0.29, 0.717) is 23.7 Å². The molecule has 0 spiro atoms. The molecule has 3 N–H and O–H groups in total. The number of nitrogens with two attached hydrogens (primary N) is 1. The Morgan fingerprint density at radius 1 is 0.941 bits per heavy atom. The average Bonchev–Trinajstić information content (AvgIpc) is 3.06. The van der Waals surface area contributed by atoms with E-state index in [4.69, 9.17) is 5.73 Å². The minimum atomic E-state index is 0.188. The molecule has 0 aromatic carbocycles. The fourth-order valence-electron chi connectivity index (χ4n) is 4.00. The third-order valence-corrected chi connectivity index (χ3v) is 5.11. The molecule has 3 fully saturated rings. The summed E-state index contributed by atoms with van der Waals surface area (Å²) in [6, 6.07) is 0.437. The second-order valence-electron chi connectivity index (χ2n) is 6.20. The lowest BCUT2D eigenvalue weighted by atomic mass is 9.91. The van der Waals surface area contributed by atoms with Crippen molar-refractivity contribution in [3.63, 3.8) is 0 Å². The van der Waals surface area contributed by atoms with Crippen LogP contribution >= 0.6 is 0 Å². The third kappa shape index (κ3) is 2.22. The van der Waals surface area contributed by atoms with E-state index in [1.807, 2.05) is 0 Å². The van der Waals surface area contributed by atoms with E-state index >= 15 is 0 Å². The van der Waals surface area contributed by atoms with Gasteiger partial charge in [0.05, 0.1) is 0 Å². The van der Waals surface area contributed by atoms with E-state index < -0.39 is 0 Å². The first-order valence-electron chi connectivity index (χ1n) is 7.33. The molecule has 3 saturated carbocycles. The van der Waals surface area contributed by atoms with Crippen LogP contribution in [0.4, 0.5) is 0 Å². The van der Waals surface area contributed by atoms with Gasteiger partial charge in [-0.15, -0.1) is 0 Å². The van der Waals surface area contributed by atoms with Gasteiger partial charge in [-0.05, 0) is 37.5 Å². The number of fused-ring (bicyclic) bond motifs is 1. The Balaban J connectivity index is 1.53. The van der Waals surface area contributed by atoms with E-state index in [-0.39, 0.29) is 12.1 Å². The summed E-state index contributed by atoms with van der Waals surface area (Å²) < 4.78 is 0. The number of hydrogen-bond donors (Lipinski definition) is 2. The Kier molecular flexibility index (Phi) is 3.12. The van der Waals surface area contributed by atoms with E-state index in [9.17, 15) is 4.79 Å². The van der Waals surface area contributed by atoms with Gasteiger partial charge in [0.25, 0.3) is 0 Å². The van der Waals surface area contributed by atoms with Crippen molar-refractivity contribution in [3.8, 4) is 0 Å². The summed E-state index contributed by atoms with van der Waals surface area (Å²) in [4.78, 5) is 12.2. The van der Waals surface area contributed by atoms with Crippen LogP contribution in [0.15, 0.2) is 0 Å². The van der Waals surface area contributed by atoms with Gasteiger partial charge in [-0.1, -0.05) is 25.7 Å². The highest BCUT2D eigenvalue weighted by atomic mass is 16.2. The van der Waals surface area contributed by atoms with Crippen molar-refractivity contribution in [1.82, 2.24) is 5.32 Å². The molecule has 3 rings (SSSR count). The molecule has 2 unspecified atom stereocenters. The van der Waals surface area contributed by atoms with Gasteiger partial charge < -0.3 is 11.1 Å². The highest BCUT2D eigenvalue weighted by Gasteiger charge is 2.54. The lowest BCUT2D eigenvalue weighted by Crippen LogP contribution is -2.49. The zero-order chi connectivity index (χ0) is 11.8. The van der Waals surface area contributed by atoms with Crippen LogP contribution in [0.1, 0.15) is 51.4 Å². The smallest absolute Gasteiger partial charge is 0.223 e. The SMILES string of the molecule is N[C@@H]1CCCC[C@H]1NC(=O)C1C2CCCCC21. The molecular weight excluding hydrogens is 212 g/mol. The van der Waals surface area contributed by atoms with Gasteiger partial charge in [-0.2, -0.15) is 0 Å². The van der Waals surface area contributed by atoms with Crippen LogP contribution in [0.2, 0.25) is 0 Å². The Labute approximate surface area is 104 Å². The van der Waals surface area contributed by atoms with Crippen LogP contribution in [-0.2, 0) is 4.79 Å². The number of rotatable bonds is 2. The molecule has 17 heavy (non-hydrogen) atoms. The largest absolute Gasteiger partial charge is 0.352 e. The first kappa shape index (κ1) is 11.5. The molecule has 0 radical (unpaired) electrons. The second kappa shape index (κ2) is 4.60. The van der Waals surface area contributed by atoms with Gasteiger partial charge in [0, 0.05) is 18.0 Å². The van der Waals surface area contributed by atoms with Gasteiger partial charge in [-0.25, -0.2) is 0 Å². The lowest BCUT2D eigenvalue weighted by molar-refractivity contribution is -0.123. The molecule has 3 aliphatic rings. The molecule has 0 aromatic rings. The van der Waals surface area contributed by atoms with Gasteiger partial charge in [-0.3, -0.25) is 4.79 Å². The minimum absolute atomic E-state index is 0.188. The fraction of sp³-hybridized carbons (Fsp3) is 0.929. The Bertz CT molecular complexity index is 293. The summed E-state index contributed by atoms with van der Waals surface area (Å²) in [5, 5.41) is 3.22. The molecule has 96 valence electrons. The van der Waals surface area contributed by atoms with Crippen LogP contribution in [0, 0.1) is 17.8 Å².